The van der Waals surface area contributed by atoms with E-state index < -0.39 is 0 Å². The second kappa shape index (κ2) is 6.02. The number of aromatic nitrogens is 2. The quantitative estimate of drug-likeness (QED) is 0.912. The molecule has 0 fully saturated rings. The maximum absolute atomic E-state index is 4.65. The van der Waals surface area contributed by atoms with Crippen LogP contribution in [0.1, 0.15) is 53.6 Å². The summed E-state index contributed by atoms with van der Waals surface area (Å²) in [7, 11) is 0. The van der Waals surface area contributed by atoms with Gasteiger partial charge in [0.05, 0.1) is 17.2 Å². The van der Waals surface area contributed by atoms with Crippen LogP contribution >= 0.6 is 11.3 Å². The molecule has 0 saturated heterocycles. The maximum atomic E-state index is 4.65. The van der Waals surface area contributed by atoms with Crippen LogP contribution in [0.2, 0.25) is 0 Å². The van der Waals surface area contributed by atoms with E-state index >= 15 is 0 Å². The first-order chi connectivity index (χ1) is 9.81. The molecule has 4 heteroatoms. The number of aryl methyl sites for hydroxylation is 2. The average Bonchev–Trinajstić information content (AvgIpc) is 3.07. The molecule has 1 N–H and O–H groups in total. The predicted octanol–water partition coefficient (Wildman–Crippen LogP) is 3.62. The molecule has 3 nitrogen and oxygen atoms in total. The smallest absolute Gasteiger partial charge is 0.0798 e. The Hall–Kier alpha value is -1.26. The maximum Gasteiger partial charge on any atom is 0.0798 e. The molecule has 0 spiro atoms. The molecule has 0 amide bonds. The third kappa shape index (κ3) is 2.50. The second-order valence-corrected chi connectivity index (χ2v) is 6.31. The van der Waals surface area contributed by atoms with Gasteiger partial charge in [-0.1, -0.05) is 13.0 Å². The zero-order valence-corrected chi connectivity index (χ0v) is 12.9. The molecular weight excluding hydrogens is 266 g/mol. The summed E-state index contributed by atoms with van der Waals surface area (Å²) in [6, 6.07) is 4.63. The van der Waals surface area contributed by atoms with Gasteiger partial charge in [-0.3, -0.25) is 4.98 Å². The van der Waals surface area contributed by atoms with Crippen LogP contribution in [0.4, 0.5) is 0 Å². The van der Waals surface area contributed by atoms with Gasteiger partial charge in [0.15, 0.2) is 0 Å². The van der Waals surface area contributed by atoms with Crippen LogP contribution in [0.5, 0.6) is 0 Å². The number of hydrogen-bond acceptors (Lipinski definition) is 4. The SMILES string of the molecule is CCCNC(c1scnc1C)C1CCc2cccnc21. The van der Waals surface area contributed by atoms with E-state index in [9.17, 15) is 0 Å². The molecule has 0 bridgehead atoms. The molecule has 106 valence electrons. The first kappa shape index (κ1) is 13.7. The summed E-state index contributed by atoms with van der Waals surface area (Å²) in [5, 5.41) is 3.73. The number of nitrogens with zero attached hydrogens (tertiary/aromatic N) is 2. The molecular formula is C16H21N3S. The third-order valence-electron chi connectivity index (χ3n) is 4.08. The van der Waals surface area contributed by atoms with E-state index in [2.05, 4.69) is 35.2 Å². The summed E-state index contributed by atoms with van der Waals surface area (Å²) < 4.78 is 0. The van der Waals surface area contributed by atoms with Crippen molar-refractivity contribution in [2.45, 2.75) is 45.1 Å². The van der Waals surface area contributed by atoms with Crippen molar-refractivity contribution >= 4 is 11.3 Å². The number of fused-ring (bicyclic) bond motifs is 1. The average molecular weight is 287 g/mol. The van der Waals surface area contributed by atoms with Gasteiger partial charge in [0.25, 0.3) is 0 Å². The predicted molar refractivity (Wildman–Crippen MR) is 83.2 cm³/mol. The molecule has 1 aliphatic carbocycles. The molecule has 1 aliphatic rings. The Morgan fingerprint density at radius 3 is 3.10 bits per heavy atom. The molecule has 0 radical (unpaired) electrons. The lowest BCUT2D eigenvalue weighted by molar-refractivity contribution is 0.441. The number of hydrogen-bond donors (Lipinski definition) is 1. The molecule has 2 aromatic rings. The lowest BCUT2D eigenvalue weighted by atomic mass is 9.94. The van der Waals surface area contributed by atoms with Crippen molar-refractivity contribution in [3.05, 3.63) is 45.7 Å². The summed E-state index contributed by atoms with van der Waals surface area (Å²) in [5.41, 5.74) is 5.82. The molecule has 20 heavy (non-hydrogen) atoms. The Morgan fingerprint density at radius 1 is 1.45 bits per heavy atom. The molecule has 0 aliphatic heterocycles. The molecule has 2 unspecified atom stereocenters. The molecule has 0 saturated carbocycles. The van der Waals surface area contributed by atoms with Gasteiger partial charge < -0.3 is 5.32 Å². The van der Waals surface area contributed by atoms with Gasteiger partial charge in [-0.25, -0.2) is 4.98 Å². The fraction of sp³-hybridized carbons (Fsp3) is 0.500. The Balaban J connectivity index is 1.93. The summed E-state index contributed by atoms with van der Waals surface area (Å²) in [4.78, 5) is 10.5. The fourth-order valence-corrected chi connectivity index (χ4v) is 4.04. The lowest BCUT2D eigenvalue weighted by Gasteiger charge is -2.24. The first-order valence-electron chi connectivity index (χ1n) is 7.38. The van der Waals surface area contributed by atoms with Crippen LogP contribution in [0, 0.1) is 6.92 Å². The van der Waals surface area contributed by atoms with Crippen molar-refractivity contribution in [2.24, 2.45) is 0 Å². The highest BCUT2D eigenvalue weighted by molar-refractivity contribution is 7.09. The van der Waals surface area contributed by atoms with E-state index in [0.717, 1.165) is 25.1 Å². The van der Waals surface area contributed by atoms with Crippen molar-refractivity contribution in [3.63, 3.8) is 0 Å². The van der Waals surface area contributed by atoms with Gasteiger partial charge in [0.2, 0.25) is 0 Å². The molecule has 2 aromatic heterocycles. The van der Waals surface area contributed by atoms with Crippen LogP contribution in [0.15, 0.2) is 23.8 Å². The standard InChI is InChI=1S/C16H21N3S/c1-3-8-17-15(16-11(2)19-10-20-16)13-7-6-12-5-4-9-18-14(12)13/h4-5,9-10,13,15,17H,3,6-8H2,1-2H3. The van der Waals surface area contributed by atoms with Crippen LogP contribution in [0.3, 0.4) is 0 Å². The third-order valence-corrected chi connectivity index (χ3v) is 5.10. The zero-order valence-electron chi connectivity index (χ0n) is 12.1. The zero-order chi connectivity index (χ0) is 13.9. The number of pyridine rings is 1. The van der Waals surface area contributed by atoms with Crippen molar-refractivity contribution in [1.29, 1.82) is 0 Å². The minimum Gasteiger partial charge on any atom is -0.309 e. The monoisotopic (exact) mass is 287 g/mol. The van der Waals surface area contributed by atoms with E-state index in [0.29, 0.717) is 12.0 Å². The van der Waals surface area contributed by atoms with Crippen molar-refractivity contribution in [1.82, 2.24) is 15.3 Å². The van der Waals surface area contributed by atoms with Gasteiger partial charge in [-0.15, -0.1) is 11.3 Å². The van der Waals surface area contributed by atoms with Gasteiger partial charge >= 0.3 is 0 Å². The topological polar surface area (TPSA) is 37.8 Å². The Morgan fingerprint density at radius 2 is 2.35 bits per heavy atom. The van der Waals surface area contributed by atoms with Crippen LogP contribution in [-0.4, -0.2) is 16.5 Å². The van der Waals surface area contributed by atoms with Crippen LogP contribution in [0.25, 0.3) is 0 Å². The van der Waals surface area contributed by atoms with E-state index in [-0.39, 0.29) is 0 Å². The largest absolute Gasteiger partial charge is 0.309 e. The molecule has 0 aromatic carbocycles. The highest BCUT2D eigenvalue weighted by Gasteiger charge is 2.33. The normalized spacial score (nSPS) is 19.0. The van der Waals surface area contributed by atoms with Gasteiger partial charge in [-0.05, 0) is 44.4 Å². The van der Waals surface area contributed by atoms with E-state index in [1.54, 1.807) is 11.3 Å². The summed E-state index contributed by atoms with van der Waals surface area (Å²) in [6.45, 7) is 5.37. The van der Waals surface area contributed by atoms with Crippen molar-refractivity contribution in [3.8, 4) is 0 Å². The lowest BCUT2D eigenvalue weighted by Crippen LogP contribution is -2.27. The number of thiazole rings is 1. The summed E-state index contributed by atoms with van der Waals surface area (Å²) >= 11 is 1.77. The molecule has 2 heterocycles. The Kier molecular flexibility index (Phi) is 4.13. The Labute approximate surface area is 124 Å². The molecule has 2 atom stereocenters. The molecule has 3 rings (SSSR count). The Bertz CT molecular complexity index is 579. The first-order valence-corrected chi connectivity index (χ1v) is 8.26. The van der Waals surface area contributed by atoms with Crippen molar-refractivity contribution < 1.29 is 0 Å². The van der Waals surface area contributed by atoms with Crippen LogP contribution in [-0.2, 0) is 6.42 Å². The minimum absolute atomic E-state index is 0.360. The fourth-order valence-electron chi connectivity index (χ4n) is 3.10. The highest BCUT2D eigenvalue weighted by Crippen LogP contribution is 2.42. The second-order valence-electron chi connectivity index (χ2n) is 5.43. The summed E-state index contributed by atoms with van der Waals surface area (Å²) in [5.74, 6) is 0.483. The van der Waals surface area contributed by atoms with E-state index in [1.807, 2.05) is 17.8 Å². The highest BCUT2D eigenvalue weighted by atomic mass is 32.1. The summed E-state index contributed by atoms with van der Waals surface area (Å²) in [6.07, 6.45) is 5.41. The van der Waals surface area contributed by atoms with Gasteiger partial charge in [0.1, 0.15) is 0 Å². The minimum atomic E-state index is 0.360. The van der Waals surface area contributed by atoms with E-state index in [1.165, 1.54) is 22.6 Å². The van der Waals surface area contributed by atoms with Gasteiger partial charge in [-0.2, -0.15) is 0 Å². The number of rotatable bonds is 5. The van der Waals surface area contributed by atoms with Crippen molar-refractivity contribution in [2.75, 3.05) is 6.54 Å². The van der Waals surface area contributed by atoms with Crippen LogP contribution < -0.4 is 5.32 Å². The van der Waals surface area contributed by atoms with Gasteiger partial charge in [0, 0.05) is 22.7 Å². The van der Waals surface area contributed by atoms with E-state index in [4.69, 9.17) is 0 Å². The number of nitrogens with one attached hydrogen (secondary N) is 1.